The number of nitrogens with one attached hydrogen (secondary N) is 1. The first-order chi connectivity index (χ1) is 6.65. The van der Waals surface area contributed by atoms with E-state index in [0.717, 1.165) is 0 Å². The van der Waals surface area contributed by atoms with Gasteiger partial charge in [0.1, 0.15) is 12.0 Å². The number of nitrogen functional groups attached to an aromatic ring is 1. The Balaban J connectivity index is 2.89. The number of aromatic nitrogens is 2. The molecule has 14 heavy (non-hydrogen) atoms. The number of hydrogen-bond donors (Lipinski definition) is 2. The monoisotopic (exact) mass is 196 g/mol. The maximum atomic E-state index is 5.81. The summed E-state index contributed by atoms with van der Waals surface area (Å²) in [7, 11) is 0. The van der Waals surface area contributed by atoms with Crippen molar-refractivity contribution in [3.05, 3.63) is 6.33 Å². The van der Waals surface area contributed by atoms with E-state index in [1.807, 2.05) is 20.8 Å². The molecule has 0 aliphatic heterocycles. The number of nitrogens with two attached hydrogens (primary N) is 1. The van der Waals surface area contributed by atoms with Crippen molar-refractivity contribution in [1.82, 2.24) is 9.97 Å². The van der Waals surface area contributed by atoms with Crippen molar-refractivity contribution in [2.75, 3.05) is 17.7 Å². The summed E-state index contributed by atoms with van der Waals surface area (Å²) < 4.78 is 5.24. The number of nitrogens with zero attached hydrogens (tertiary/aromatic N) is 2. The van der Waals surface area contributed by atoms with Crippen LogP contribution in [0.25, 0.3) is 0 Å². The van der Waals surface area contributed by atoms with E-state index in [-0.39, 0.29) is 6.04 Å². The molecule has 0 atom stereocenters. The topological polar surface area (TPSA) is 73.1 Å². The minimum absolute atomic E-state index is 0.279. The van der Waals surface area contributed by atoms with Crippen LogP contribution >= 0.6 is 0 Å². The molecule has 0 bridgehead atoms. The summed E-state index contributed by atoms with van der Waals surface area (Å²) in [6.45, 7) is 6.46. The van der Waals surface area contributed by atoms with Gasteiger partial charge in [0.25, 0.3) is 0 Å². The molecule has 3 N–H and O–H groups in total. The van der Waals surface area contributed by atoms with Gasteiger partial charge in [-0.2, -0.15) is 4.98 Å². The Hall–Kier alpha value is -1.52. The molecule has 0 saturated carbocycles. The van der Waals surface area contributed by atoms with Gasteiger partial charge in [0, 0.05) is 6.04 Å². The van der Waals surface area contributed by atoms with Crippen molar-refractivity contribution >= 4 is 11.5 Å². The fraction of sp³-hybridized carbons (Fsp3) is 0.556. The Morgan fingerprint density at radius 2 is 2.21 bits per heavy atom. The Bertz CT molecular complexity index is 301. The van der Waals surface area contributed by atoms with Crippen LogP contribution in [0.3, 0.4) is 0 Å². The molecular weight excluding hydrogens is 180 g/mol. The lowest BCUT2D eigenvalue weighted by Crippen LogP contribution is -2.14. The molecule has 78 valence electrons. The quantitative estimate of drug-likeness (QED) is 0.758. The first-order valence-corrected chi connectivity index (χ1v) is 4.65. The third-order valence-corrected chi connectivity index (χ3v) is 1.55. The maximum absolute atomic E-state index is 5.81. The standard InChI is InChI=1S/C9H16N4O/c1-4-14-9-7(10)8(11-5-12-9)13-6(2)3/h5-6H,4,10H2,1-3H3,(H,11,12,13). The normalized spacial score (nSPS) is 10.3. The molecule has 0 unspecified atom stereocenters. The number of anilines is 2. The van der Waals surface area contributed by atoms with Crippen LogP contribution in [0.1, 0.15) is 20.8 Å². The third-order valence-electron chi connectivity index (χ3n) is 1.55. The third kappa shape index (κ3) is 2.48. The van der Waals surface area contributed by atoms with Gasteiger partial charge >= 0.3 is 0 Å². The Morgan fingerprint density at radius 3 is 2.79 bits per heavy atom. The van der Waals surface area contributed by atoms with Crippen LogP contribution in [0.5, 0.6) is 5.88 Å². The minimum atomic E-state index is 0.279. The Morgan fingerprint density at radius 1 is 1.50 bits per heavy atom. The molecule has 0 aliphatic carbocycles. The lowest BCUT2D eigenvalue weighted by molar-refractivity contribution is 0.328. The molecule has 5 heteroatoms. The lowest BCUT2D eigenvalue weighted by Gasteiger charge is -2.12. The second-order valence-electron chi connectivity index (χ2n) is 3.17. The van der Waals surface area contributed by atoms with E-state index in [4.69, 9.17) is 10.5 Å². The number of ether oxygens (including phenoxy) is 1. The number of hydrogen-bond acceptors (Lipinski definition) is 5. The SMILES string of the molecule is CCOc1ncnc(NC(C)C)c1N. The largest absolute Gasteiger partial charge is 0.476 e. The van der Waals surface area contributed by atoms with E-state index in [1.165, 1.54) is 6.33 Å². The highest BCUT2D eigenvalue weighted by Gasteiger charge is 2.08. The molecule has 1 aromatic heterocycles. The van der Waals surface area contributed by atoms with Gasteiger partial charge in [0.05, 0.1) is 6.61 Å². The molecule has 0 spiro atoms. The van der Waals surface area contributed by atoms with Crippen LogP contribution in [0, 0.1) is 0 Å². The molecule has 0 aromatic carbocycles. The van der Waals surface area contributed by atoms with Gasteiger partial charge in [-0.3, -0.25) is 0 Å². The van der Waals surface area contributed by atoms with E-state index in [1.54, 1.807) is 0 Å². The van der Waals surface area contributed by atoms with E-state index >= 15 is 0 Å². The highest BCUT2D eigenvalue weighted by Crippen LogP contribution is 2.24. The highest BCUT2D eigenvalue weighted by molar-refractivity contribution is 5.66. The van der Waals surface area contributed by atoms with E-state index in [9.17, 15) is 0 Å². The van der Waals surface area contributed by atoms with Crippen LogP contribution in [-0.2, 0) is 0 Å². The fourth-order valence-corrected chi connectivity index (χ4v) is 1.02. The summed E-state index contributed by atoms with van der Waals surface area (Å²) in [6.07, 6.45) is 1.44. The molecule has 1 heterocycles. The first-order valence-electron chi connectivity index (χ1n) is 4.65. The van der Waals surface area contributed by atoms with Crippen molar-refractivity contribution in [2.24, 2.45) is 0 Å². The van der Waals surface area contributed by atoms with Gasteiger partial charge in [-0.15, -0.1) is 0 Å². The van der Waals surface area contributed by atoms with Crippen LogP contribution in [0.4, 0.5) is 11.5 Å². The van der Waals surface area contributed by atoms with Crippen molar-refractivity contribution in [3.63, 3.8) is 0 Å². The summed E-state index contributed by atoms with van der Waals surface area (Å²) in [5.41, 5.74) is 6.27. The van der Waals surface area contributed by atoms with Crippen LogP contribution in [-0.4, -0.2) is 22.6 Å². The lowest BCUT2D eigenvalue weighted by atomic mass is 10.3. The van der Waals surface area contributed by atoms with Crippen molar-refractivity contribution in [3.8, 4) is 5.88 Å². The van der Waals surface area contributed by atoms with E-state index in [2.05, 4.69) is 15.3 Å². The average Bonchev–Trinajstić information content (AvgIpc) is 2.11. The Labute approximate surface area is 83.7 Å². The molecule has 0 radical (unpaired) electrons. The maximum Gasteiger partial charge on any atom is 0.242 e. The van der Waals surface area contributed by atoms with Gasteiger partial charge in [-0.25, -0.2) is 4.98 Å². The second-order valence-corrected chi connectivity index (χ2v) is 3.17. The number of rotatable bonds is 4. The van der Waals surface area contributed by atoms with Gasteiger partial charge < -0.3 is 15.8 Å². The Kier molecular flexibility index (Phi) is 3.50. The fourth-order valence-electron chi connectivity index (χ4n) is 1.02. The molecule has 0 amide bonds. The van der Waals surface area contributed by atoms with E-state index in [0.29, 0.717) is 24.0 Å². The summed E-state index contributed by atoms with van der Waals surface area (Å²) in [5.74, 6) is 1.06. The summed E-state index contributed by atoms with van der Waals surface area (Å²) in [5, 5.41) is 3.12. The summed E-state index contributed by atoms with van der Waals surface area (Å²) >= 11 is 0. The molecule has 0 fully saturated rings. The van der Waals surface area contributed by atoms with Crippen molar-refractivity contribution in [2.45, 2.75) is 26.8 Å². The van der Waals surface area contributed by atoms with Crippen molar-refractivity contribution < 1.29 is 4.74 Å². The first kappa shape index (κ1) is 10.6. The molecule has 0 aliphatic rings. The predicted octanol–water partition coefficient (Wildman–Crippen LogP) is 1.28. The van der Waals surface area contributed by atoms with Gasteiger partial charge in [0.2, 0.25) is 5.88 Å². The van der Waals surface area contributed by atoms with Crippen molar-refractivity contribution in [1.29, 1.82) is 0 Å². The molecule has 0 saturated heterocycles. The second kappa shape index (κ2) is 4.64. The zero-order valence-corrected chi connectivity index (χ0v) is 8.74. The van der Waals surface area contributed by atoms with Crippen LogP contribution in [0.2, 0.25) is 0 Å². The molecule has 1 aromatic rings. The van der Waals surface area contributed by atoms with Crippen LogP contribution < -0.4 is 15.8 Å². The van der Waals surface area contributed by atoms with Gasteiger partial charge in [0.15, 0.2) is 5.82 Å². The van der Waals surface area contributed by atoms with E-state index < -0.39 is 0 Å². The highest BCUT2D eigenvalue weighted by atomic mass is 16.5. The molecule has 5 nitrogen and oxygen atoms in total. The van der Waals surface area contributed by atoms with Crippen LogP contribution in [0.15, 0.2) is 6.33 Å². The zero-order chi connectivity index (χ0) is 10.6. The summed E-state index contributed by atoms with van der Waals surface area (Å²) in [4.78, 5) is 7.97. The summed E-state index contributed by atoms with van der Waals surface area (Å²) in [6, 6.07) is 0.279. The molecular formula is C9H16N4O. The molecule has 1 rings (SSSR count). The van der Waals surface area contributed by atoms with Gasteiger partial charge in [-0.05, 0) is 20.8 Å². The average molecular weight is 196 g/mol. The predicted molar refractivity (Wildman–Crippen MR) is 56.4 cm³/mol. The minimum Gasteiger partial charge on any atom is -0.476 e. The zero-order valence-electron chi connectivity index (χ0n) is 8.74. The smallest absolute Gasteiger partial charge is 0.242 e. The van der Waals surface area contributed by atoms with Gasteiger partial charge in [-0.1, -0.05) is 0 Å².